The minimum Gasteiger partial charge on any atom is -0.497 e. The van der Waals surface area contributed by atoms with Crippen LogP contribution in [0.25, 0.3) is 0 Å². The highest BCUT2D eigenvalue weighted by molar-refractivity contribution is 6.08. The molecular weight excluding hydrogens is 358 g/mol. The molecule has 0 saturated carbocycles. The first-order valence-electron chi connectivity index (χ1n) is 9.87. The summed E-state index contributed by atoms with van der Waals surface area (Å²) in [6.07, 6.45) is 3.18. The zero-order valence-corrected chi connectivity index (χ0v) is 16.9. The number of amides is 4. The van der Waals surface area contributed by atoms with Crippen molar-refractivity contribution >= 4 is 17.8 Å². The molecule has 7 nitrogen and oxygen atoms in total. The fourth-order valence-corrected chi connectivity index (χ4v) is 3.90. The number of hydrogen-bond donors (Lipinski definition) is 1. The molecule has 2 aliphatic heterocycles. The van der Waals surface area contributed by atoms with Crippen molar-refractivity contribution in [3.8, 4) is 5.75 Å². The Morgan fingerprint density at radius 1 is 1.29 bits per heavy atom. The monoisotopic (exact) mass is 387 g/mol. The largest absolute Gasteiger partial charge is 0.497 e. The van der Waals surface area contributed by atoms with Crippen molar-refractivity contribution in [3.63, 3.8) is 0 Å². The highest BCUT2D eigenvalue weighted by atomic mass is 16.5. The molecule has 152 valence electrons. The summed E-state index contributed by atoms with van der Waals surface area (Å²) in [7, 11) is 1.61. The lowest BCUT2D eigenvalue weighted by Crippen LogP contribution is -2.47. The Bertz CT molecular complexity index is 749. The van der Waals surface area contributed by atoms with Gasteiger partial charge in [0.1, 0.15) is 17.8 Å². The van der Waals surface area contributed by atoms with E-state index >= 15 is 0 Å². The van der Waals surface area contributed by atoms with Crippen LogP contribution in [-0.2, 0) is 16.0 Å². The Balaban J connectivity index is 1.60. The molecule has 7 heteroatoms. The number of urea groups is 1. The van der Waals surface area contributed by atoms with Crippen molar-refractivity contribution in [2.45, 2.75) is 45.1 Å². The third-order valence-electron chi connectivity index (χ3n) is 5.72. The quantitative estimate of drug-likeness (QED) is 0.759. The molecule has 0 aromatic heterocycles. The Morgan fingerprint density at radius 2 is 2.00 bits per heavy atom. The van der Waals surface area contributed by atoms with Gasteiger partial charge in [-0.3, -0.25) is 14.5 Å². The van der Waals surface area contributed by atoms with Crippen LogP contribution in [0, 0.1) is 5.92 Å². The predicted molar refractivity (Wildman–Crippen MR) is 105 cm³/mol. The number of carbonyl (C=O) groups excluding carboxylic acids is 3. The highest BCUT2D eigenvalue weighted by Crippen LogP contribution is 2.24. The lowest BCUT2D eigenvalue weighted by Gasteiger charge is -2.31. The third kappa shape index (κ3) is 4.29. The van der Waals surface area contributed by atoms with Gasteiger partial charge in [-0.05, 0) is 56.2 Å². The van der Waals surface area contributed by atoms with Crippen molar-refractivity contribution in [1.29, 1.82) is 0 Å². The van der Waals surface area contributed by atoms with E-state index in [0.717, 1.165) is 29.1 Å². The Morgan fingerprint density at radius 3 is 2.64 bits per heavy atom. The average molecular weight is 387 g/mol. The first-order chi connectivity index (χ1) is 13.3. The Labute approximate surface area is 166 Å². The number of imide groups is 1. The molecule has 2 aliphatic rings. The van der Waals surface area contributed by atoms with Crippen LogP contribution >= 0.6 is 0 Å². The van der Waals surface area contributed by atoms with Crippen LogP contribution in [-0.4, -0.2) is 59.9 Å². The fraction of sp³-hybridized carbons (Fsp3) is 0.571. The van der Waals surface area contributed by atoms with E-state index in [2.05, 4.69) is 12.2 Å². The van der Waals surface area contributed by atoms with Crippen LogP contribution in [0.2, 0.25) is 0 Å². The zero-order chi connectivity index (χ0) is 20.3. The summed E-state index contributed by atoms with van der Waals surface area (Å²) >= 11 is 0. The molecule has 0 spiro atoms. The van der Waals surface area contributed by atoms with Crippen molar-refractivity contribution in [3.05, 3.63) is 29.8 Å². The number of carbonyl (C=O) groups is 3. The van der Waals surface area contributed by atoms with Crippen LogP contribution < -0.4 is 10.1 Å². The van der Waals surface area contributed by atoms with Gasteiger partial charge in [0, 0.05) is 13.1 Å². The summed E-state index contributed by atoms with van der Waals surface area (Å²) in [6.45, 7) is 5.04. The molecule has 2 fully saturated rings. The molecule has 1 aromatic rings. The molecule has 0 aliphatic carbocycles. The number of aryl methyl sites for hydroxylation is 1. The normalized spacial score (nSPS) is 25.0. The standard InChI is InChI=1S/C21H29N3O4/c1-15-5-4-12-23(13-15)18(25)14-24-19(26)21(2,22-20(24)27)11-10-16-6-8-17(28-3)9-7-16/h6-9,15H,4-5,10-14H2,1-3H3,(H,22,27)/t15-,21-/m1/s1. The SMILES string of the molecule is COc1ccc(CC[C@@]2(C)NC(=O)N(CC(=O)N3CCC[C@@H](C)C3)C2=O)cc1. The summed E-state index contributed by atoms with van der Waals surface area (Å²) in [5.41, 5.74) is 0.0628. The van der Waals surface area contributed by atoms with Crippen molar-refractivity contribution in [2.24, 2.45) is 5.92 Å². The maximum Gasteiger partial charge on any atom is 0.325 e. The summed E-state index contributed by atoms with van der Waals surface area (Å²) in [4.78, 5) is 40.7. The van der Waals surface area contributed by atoms with Crippen LogP contribution in [0.4, 0.5) is 4.79 Å². The van der Waals surface area contributed by atoms with E-state index in [1.807, 2.05) is 24.3 Å². The van der Waals surface area contributed by atoms with Gasteiger partial charge in [0.2, 0.25) is 5.91 Å². The number of ether oxygens (including phenoxy) is 1. The van der Waals surface area contributed by atoms with E-state index in [1.54, 1.807) is 18.9 Å². The third-order valence-corrected chi connectivity index (χ3v) is 5.72. The van der Waals surface area contributed by atoms with Crippen LogP contribution in [0.15, 0.2) is 24.3 Å². The van der Waals surface area contributed by atoms with Gasteiger partial charge < -0.3 is 15.0 Å². The average Bonchev–Trinajstić information content (AvgIpc) is 2.90. The number of nitrogens with one attached hydrogen (secondary N) is 1. The zero-order valence-electron chi connectivity index (χ0n) is 16.9. The maximum atomic E-state index is 12.9. The number of piperidine rings is 1. The van der Waals surface area contributed by atoms with Crippen molar-refractivity contribution in [1.82, 2.24) is 15.1 Å². The van der Waals surface area contributed by atoms with Gasteiger partial charge in [-0.1, -0.05) is 19.1 Å². The molecular formula is C21H29N3O4. The lowest BCUT2D eigenvalue weighted by atomic mass is 9.93. The van der Waals surface area contributed by atoms with Crippen LogP contribution in [0.1, 0.15) is 38.7 Å². The van der Waals surface area contributed by atoms with Gasteiger partial charge in [0.25, 0.3) is 5.91 Å². The van der Waals surface area contributed by atoms with E-state index < -0.39 is 11.6 Å². The molecule has 3 rings (SSSR count). The first kappa shape index (κ1) is 20.2. The van der Waals surface area contributed by atoms with Crippen molar-refractivity contribution < 1.29 is 19.1 Å². The molecule has 1 N–H and O–H groups in total. The Hall–Kier alpha value is -2.57. The molecule has 1 aromatic carbocycles. The predicted octanol–water partition coefficient (Wildman–Crippen LogP) is 2.20. The topological polar surface area (TPSA) is 79.0 Å². The number of methoxy groups -OCH3 is 1. The minimum absolute atomic E-state index is 0.158. The molecule has 4 amide bonds. The molecule has 2 heterocycles. The van der Waals surface area contributed by atoms with E-state index in [9.17, 15) is 14.4 Å². The lowest BCUT2D eigenvalue weighted by molar-refractivity contribution is -0.139. The summed E-state index contributed by atoms with van der Waals surface area (Å²) in [5.74, 6) is 0.742. The molecule has 0 bridgehead atoms. The summed E-state index contributed by atoms with van der Waals surface area (Å²) in [5, 5.41) is 2.78. The second kappa shape index (κ2) is 8.20. The number of likely N-dealkylation sites (tertiary alicyclic amines) is 1. The van der Waals surface area contributed by atoms with Gasteiger partial charge in [-0.25, -0.2) is 4.79 Å². The molecule has 0 unspecified atom stereocenters. The number of rotatable bonds is 6. The van der Waals surface area contributed by atoms with E-state index in [4.69, 9.17) is 4.74 Å². The second-order valence-corrected chi connectivity index (χ2v) is 8.09. The molecule has 2 atom stereocenters. The highest BCUT2D eigenvalue weighted by Gasteiger charge is 2.48. The summed E-state index contributed by atoms with van der Waals surface area (Å²) < 4.78 is 5.15. The van der Waals surface area contributed by atoms with E-state index in [1.165, 1.54) is 0 Å². The number of hydrogen-bond acceptors (Lipinski definition) is 4. The van der Waals surface area contributed by atoms with Gasteiger partial charge >= 0.3 is 6.03 Å². The van der Waals surface area contributed by atoms with Gasteiger partial charge in [-0.2, -0.15) is 0 Å². The van der Waals surface area contributed by atoms with Gasteiger partial charge in [-0.15, -0.1) is 0 Å². The second-order valence-electron chi connectivity index (χ2n) is 8.09. The maximum absolute atomic E-state index is 12.9. The fourth-order valence-electron chi connectivity index (χ4n) is 3.90. The van der Waals surface area contributed by atoms with Gasteiger partial charge in [0.05, 0.1) is 7.11 Å². The molecule has 28 heavy (non-hydrogen) atoms. The summed E-state index contributed by atoms with van der Waals surface area (Å²) in [6, 6.07) is 7.15. The number of nitrogens with zero attached hydrogens (tertiary/aromatic N) is 2. The minimum atomic E-state index is -0.994. The molecule has 2 saturated heterocycles. The van der Waals surface area contributed by atoms with Crippen molar-refractivity contribution in [2.75, 3.05) is 26.7 Å². The first-order valence-corrected chi connectivity index (χ1v) is 9.87. The van der Waals surface area contributed by atoms with Gasteiger partial charge in [0.15, 0.2) is 0 Å². The Kier molecular flexibility index (Phi) is 5.91. The smallest absolute Gasteiger partial charge is 0.325 e. The number of benzene rings is 1. The van der Waals surface area contributed by atoms with E-state index in [-0.39, 0.29) is 18.4 Å². The molecule has 0 radical (unpaired) electrons. The van der Waals surface area contributed by atoms with Crippen LogP contribution in [0.3, 0.4) is 0 Å². The van der Waals surface area contributed by atoms with Crippen LogP contribution in [0.5, 0.6) is 5.75 Å². The van der Waals surface area contributed by atoms with E-state index in [0.29, 0.717) is 31.8 Å².